The first-order chi connectivity index (χ1) is 9.40. The van der Waals surface area contributed by atoms with Crippen LogP contribution in [0.15, 0.2) is 33.6 Å². The summed E-state index contributed by atoms with van der Waals surface area (Å²) in [4.78, 5) is 25.9. The van der Waals surface area contributed by atoms with Crippen LogP contribution in [0, 0.1) is 5.41 Å². The van der Waals surface area contributed by atoms with Gasteiger partial charge >= 0.3 is 5.97 Å². The summed E-state index contributed by atoms with van der Waals surface area (Å²) in [5.74, 6) is -0.478. The summed E-state index contributed by atoms with van der Waals surface area (Å²) in [6.07, 6.45) is 0.525. The zero-order chi connectivity index (χ0) is 14.8. The monoisotopic (exact) mass is 357 g/mol. The molecule has 1 heterocycles. The van der Waals surface area contributed by atoms with Crippen molar-refractivity contribution in [2.45, 2.75) is 18.2 Å². The topological polar surface area (TPSA) is 57.6 Å². The predicted molar refractivity (Wildman–Crippen MR) is 81.8 cm³/mol. The van der Waals surface area contributed by atoms with Gasteiger partial charge in [-0.05, 0) is 37.6 Å². The highest BCUT2D eigenvalue weighted by Crippen LogP contribution is 2.31. The van der Waals surface area contributed by atoms with E-state index in [9.17, 15) is 9.59 Å². The maximum absolute atomic E-state index is 12.1. The molecule has 108 valence electrons. The highest BCUT2D eigenvalue weighted by atomic mass is 79.9. The van der Waals surface area contributed by atoms with Crippen molar-refractivity contribution in [1.29, 1.82) is 0 Å². The number of thioether (sulfide) groups is 1. The standard InChI is InChI=1S/C14H16BrNO3S/c1-14(13(18)19)6-7-16(9-14)12(17)8-20-11-4-2-10(15)3-5-11/h2-5H,6-9H2,1H3,(H,18,19). The molecule has 1 amide bonds. The Kier molecular flexibility index (Phi) is 4.75. The van der Waals surface area contributed by atoms with Crippen LogP contribution in [0.3, 0.4) is 0 Å². The van der Waals surface area contributed by atoms with Crippen LogP contribution >= 0.6 is 27.7 Å². The van der Waals surface area contributed by atoms with Gasteiger partial charge in [0, 0.05) is 22.5 Å². The number of aliphatic carboxylic acids is 1. The minimum Gasteiger partial charge on any atom is -0.481 e. The number of rotatable bonds is 4. The molecule has 1 fully saturated rings. The zero-order valence-corrected chi connectivity index (χ0v) is 13.5. The summed E-state index contributed by atoms with van der Waals surface area (Å²) >= 11 is 4.84. The minimum atomic E-state index is -0.826. The van der Waals surface area contributed by atoms with Gasteiger partial charge in [-0.1, -0.05) is 15.9 Å². The molecule has 1 atom stereocenters. The van der Waals surface area contributed by atoms with Gasteiger partial charge in [-0.3, -0.25) is 9.59 Å². The van der Waals surface area contributed by atoms with E-state index in [1.807, 2.05) is 24.3 Å². The number of carbonyl (C=O) groups excluding carboxylic acids is 1. The molecule has 1 aliphatic rings. The van der Waals surface area contributed by atoms with Gasteiger partial charge in [0.05, 0.1) is 11.2 Å². The lowest BCUT2D eigenvalue weighted by Gasteiger charge is -2.20. The maximum atomic E-state index is 12.1. The largest absolute Gasteiger partial charge is 0.481 e. The summed E-state index contributed by atoms with van der Waals surface area (Å²) in [7, 11) is 0. The van der Waals surface area contributed by atoms with Gasteiger partial charge in [0.1, 0.15) is 0 Å². The Bertz CT molecular complexity index is 520. The van der Waals surface area contributed by atoms with Gasteiger partial charge in [0.2, 0.25) is 5.91 Å². The van der Waals surface area contributed by atoms with Gasteiger partial charge in [-0.2, -0.15) is 0 Å². The fourth-order valence-corrected chi connectivity index (χ4v) is 3.18. The number of halogens is 1. The molecule has 1 aromatic carbocycles. The van der Waals surface area contributed by atoms with Crippen molar-refractivity contribution in [3.63, 3.8) is 0 Å². The molecule has 1 aliphatic heterocycles. The number of likely N-dealkylation sites (tertiary alicyclic amines) is 1. The average molecular weight is 358 g/mol. The smallest absolute Gasteiger partial charge is 0.311 e. The number of nitrogens with zero attached hydrogens (tertiary/aromatic N) is 1. The molecule has 20 heavy (non-hydrogen) atoms. The van der Waals surface area contributed by atoms with Crippen molar-refractivity contribution >= 4 is 39.6 Å². The first-order valence-corrected chi connectivity index (χ1v) is 8.08. The lowest BCUT2D eigenvalue weighted by Crippen LogP contribution is -2.35. The second-order valence-electron chi connectivity index (χ2n) is 5.17. The summed E-state index contributed by atoms with van der Waals surface area (Å²) < 4.78 is 1.00. The van der Waals surface area contributed by atoms with Crippen LogP contribution in [0.4, 0.5) is 0 Å². The molecular formula is C14H16BrNO3S. The van der Waals surface area contributed by atoms with E-state index in [0.29, 0.717) is 25.3 Å². The zero-order valence-electron chi connectivity index (χ0n) is 11.1. The van der Waals surface area contributed by atoms with E-state index < -0.39 is 11.4 Å². The lowest BCUT2D eigenvalue weighted by molar-refractivity contribution is -0.147. The Hall–Kier alpha value is -1.01. The number of carbonyl (C=O) groups is 2. The van der Waals surface area contributed by atoms with Crippen molar-refractivity contribution in [1.82, 2.24) is 4.90 Å². The number of carboxylic acid groups (broad SMARTS) is 1. The van der Waals surface area contributed by atoms with Gasteiger partial charge in [0.15, 0.2) is 0 Å². The Labute approximate surface area is 130 Å². The van der Waals surface area contributed by atoms with E-state index in [-0.39, 0.29) is 5.91 Å². The molecule has 2 rings (SSSR count). The third-order valence-corrected chi connectivity index (χ3v) is 5.04. The van der Waals surface area contributed by atoms with Crippen molar-refractivity contribution in [2.75, 3.05) is 18.8 Å². The summed E-state index contributed by atoms with van der Waals surface area (Å²) in [5, 5.41) is 9.16. The summed E-state index contributed by atoms with van der Waals surface area (Å²) in [6, 6.07) is 7.77. The average Bonchev–Trinajstić information content (AvgIpc) is 2.82. The number of carboxylic acids is 1. The molecule has 0 radical (unpaired) electrons. The molecule has 1 saturated heterocycles. The van der Waals surface area contributed by atoms with Crippen LogP contribution in [0.5, 0.6) is 0 Å². The summed E-state index contributed by atoms with van der Waals surface area (Å²) in [6.45, 7) is 2.54. The fraction of sp³-hybridized carbons (Fsp3) is 0.429. The van der Waals surface area contributed by atoms with Crippen molar-refractivity contribution in [2.24, 2.45) is 5.41 Å². The van der Waals surface area contributed by atoms with Gasteiger partial charge < -0.3 is 10.0 Å². The molecule has 6 heteroatoms. The predicted octanol–water partition coefficient (Wildman–Crippen LogP) is 2.86. The van der Waals surface area contributed by atoms with E-state index in [1.165, 1.54) is 11.8 Å². The lowest BCUT2D eigenvalue weighted by atomic mass is 9.90. The van der Waals surface area contributed by atoms with Crippen LogP contribution in [-0.4, -0.2) is 40.7 Å². The van der Waals surface area contributed by atoms with Gasteiger partial charge in [-0.25, -0.2) is 0 Å². The molecule has 0 saturated carbocycles. The van der Waals surface area contributed by atoms with E-state index in [2.05, 4.69) is 15.9 Å². The molecule has 4 nitrogen and oxygen atoms in total. The Morgan fingerprint density at radius 3 is 2.60 bits per heavy atom. The van der Waals surface area contributed by atoms with Crippen molar-refractivity contribution in [3.8, 4) is 0 Å². The first-order valence-electron chi connectivity index (χ1n) is 6.30. The van der Waals surface area contributed by atoms with E-state index in [0.717, 1.165) is 9.37 Å². The quantitative estimate of drug-likeness (QED) is 0.841. The second kappa shape index (κ2) is 6.18. The third kappa shape index (κ3) is 3.55. The highest BCUT2D eigenvalue weighted by molar-refractivity contribution is 9.10. The maximum Gasteiger partial charge on any atom is 0.311 e. The van der Waals surface area contributed by atoms with Crippen LogP contribution in [0.1, 0.15) is 13.3 Å². The molecule has 1 aromatic rings. The van der Waals surface area contributed by atoms with E-state index in [1.54, 1.807) is 11.8 Å². The van der Waals surface area contributed by atoms with Crippen LogP contribution in [0.25, 0.3) is 0 Å². The number of hydrogen-bond donors (Lipinski definition) is 1. The number of benzene rings is 1. The van der Waals surface area contributed by atoms with Crippen LogP contribution in [0.2, 0.25) is 0 Å². The van der Waals surface area contributed by atoms with E-state index >= 15 is 0 Å². The molecular weight excluding hydrogens is 342 g/mol. The Morgan fingerprint density at radius 1 is 1.40 bits per heavy atom. The van der Waals surface area contributed by atoms with Crippen LogP contribution < -0.4 is 0 Å². The van der Waals surface area contributed by atoms with Gasteiger partial charge in [0.25, 0.3) is 0 Å². The van der Waals surface area contributed by atoms with Crippen LogP contribution in [-0.2, 0) is 9.59 Å². The molecule has 1 N–H and O–H groups in total. The Morgan fingerprint density at radius 2 is 2.05 bits per heavy atom. The Balaban J connectivity index is 1.87. The number of amides is 1. The minimum absolute atomic E-state index is 0.00268. The molecule has 0 aliphatic carbocycles. The third-order valence-electron chi connectivity index (χ3n) is 3.52. The second-order valence-corrected chi connectivity index (χ2v) is 7.14. The fourth-order valence-electron chi connectivity index (χ4n) is 2.12. The molecule has 0 bridgehead atoms. The van der Waals surface area contributed by atoms with Crippen molar-refractivity contribution < 1.29 is 14.7 Å². The highest BCUT2D eigenvalue weighted by Gasteiger charge is 2.41. The van der Waals surface area contributed by atoms with Gasteiger partial charge in [-0.15, -0.1) is 11.8 Å². The summed E-state index contributed by atoms with van der Waals surface area (Å²) in [5.41, 5.74) is -0.794. The number of hydrogen-bond acceptors (Lipinski definition) is 3. The van der Waals surface area contributed by atoms with Crippen molar-refractivity contribution in [3.05, 3.63) is 28.7 Å². The molecule has 0 aromatic heterocycles. The SMILES string of the molecule is CC1(C(=O)O)CCN(C(=O)CSc2ccc(Br)cc2)C1. The molecule has 0 spiro atoms. The first kappa shape index (κ1) is 15.4. The molecule has 1 unspecified atom stereocenters. The van der Waals surface area contributed by atoms with E-state index in [4.69, 9.17) is 5.11 Å². The normalized spacial score (nSPS) is 22.0.